The number of carbonyl (C=O) groups is 3. The minimum atomic E-state index is -0.928. The maximum atomic E-state index is 12.7. The highest BCUT2D eigenvalue weighted by Crippen LogP contribution is 2.09. The van der Waals surface area contributed by atoms with Crippen LogP contribution in [0.1, 0.15) is 44.7 Å². The fourth-order valence-electron chi connectivity index (χ4n) is 2.70. The summed E-state index contributed by atoms with van der Waals surface area (Å²) in [4.78, 5) is 37.0. The van der Waals surface area contributed by atoms with E-state index in [1.54, 1.807) is 20.8 Å². The molecular weight excluding hydrogens is 396 g/mol. The number of hydrogen-bond donors (Lipinski definition) is 2. The molecule has 0 saturated heterocycles. The lowest BCUT2D eigenvalue weighted by molar-refractivity contribution is -0.145. The quantitative estimate of drug-likeness (QED) is 0.596. The Kier molecular flexibility index (Phi) is 9.06. The van der Waals surface area contributed by atoms with Crippen molar-refractivity contribution in [1.29, 1.82) is 0 Å². The van der Waals surface area contributed by atoms with Crippen molar-refractivity contribution in [2.24, 2.45) is 0 Å². The van der Waals surface area contributed by atoms with Crippen LogP contribution in [0, 0.1) is 0 Å². The number of benzene rings is 2. The first-order valence-electron chi connectivity index (χ1n) is 10.2. The Balaban J connectivity index is 1.91. The van der Waals surface area contributed by atoms with Crippen molar-refractivity contribution in [1.82, 2.24) is 10.6 Å². The van der Waals surface area contributed by atoms with Crippen LogP contribution >= 0.6 is 0 Å². The Morgan fingerprint density at radius 3 is 2.06 bits per heavy atom. The molecule has 0 aromatic heterocycles. The van der Waals surface area contributed by atoms with E-state index in [1.807, 2.05) is 60.7 Å². The summed E-state index contributed by atoms with van der Waals surface area (Å²) >= 11 is 0. The number of carbonyl (C=O) groups excluding carboxylic acids is 3. The lowest BCUT2D eigenvalue weighted by Gasteiger charge is -2.23. The van der Waals surface area contributed by atoms with Crippen molar-refractivity contribution in [3.63, 3.8) is 0 Å². The number of nitrogens with one attached hydrogen (secondary N) is 2. The predicted molar refractivity (Wildman–Crippen MR) is 117 cm³/mol. The highest BCUT2D eigenvalue weighted by molar-refractivity contribution is 5.86. The van der Waals surface area contributed by atoms with E-state index >= 15 is 0 Å². The lowest BCUT2D eigenvalue weighted by Crippen LogP contribution is -2.48. The average Bonchev–Trinajstić information content (AvgIpc) is 2.73. The molecule has 2 N–H and O–H groups in total. The topological polar surface area (TPSA) is 93.7 Å². The van der Waals surface area contributed by atoms with Crippen LogP contribution in [0.4, 0.5) is 4.79 Å². The van der Waals surface area contributed by atoms with Crippen molar-refractivity contribution in [2.45, 2.75) is 58.4 Å². The Morgan fingerprint density at radius 2 is 1.48 bits per heavy atom. The molecule has 0 bridgehead atoms. The fourth-order valence-corrected chi connectivity index (χ4v) is 2.70. The van der Waals surface area contributed by atoms with Gasteiger partial charge in [0.05, 0.1) is 0 Å². The zero-order valence-electron chi connectivity index (χ0n) is 18.2. The number of amides is 2. The van der Waals surface area contributed by atoms with Gasteiger partial charge in [0.1, 0.15) is 18.2 Å². The van der Waals surface area contributed by atoms with Gasteiger partial charge in [0.25, 0.3) is 0 Å². The minimum Gasteiger partial charge on any atom is -0.461 e. The minimum absolute atomic E-state index is 0.0218. The molecule has 0 saturated carbocycles. The first-order valence-corrected chi connectivity index (χ1v) is 10.2. The second-order valence-electron chi connectivity index (χ2n) is 8.09. The van der Waals surface area contributed by atoms with Crippen LogP contribution in [-0.4, -0.2) is 29.6 Å². The van der Waals surface area contributed by atoms with Crippen LogP contribution < -0.4 is 10.6 Å². The standard InChI is InChI=1S/C24H30N2O5/c1-24(2,3)31-23(29)26-20(22(28)25-16-18-10-6-4-7-11-18)14-15-21(27)30-17-19-12-8-5-9-13-19/h4-13,20H,14-17H2,1-3H3,(H,25,28)(H,26,29)/t20-/m1/s1. The third kappa shape index (κ3) is 9.80. The third-order valence-electron chi connectivity index (χ3n) is 4.20. The summed E-state index contributed by atoms with van der Waals surface area (Å²) in [6, 6.07) is 17.8. The van der Waals surface area contributed by atoms with E-state index in [1.165, 1.54) is 0 Å². The molecule has 0 radical (unpaired) electrons. The molecule has 0 aliphatic carbocycles. The van der Waals surface area contributed by atoms with Gasteiger partial charge in [0.2, 0.25) is 5.91 Å². The smallest absolute Gasteiger partial charge is 0.408 e. The lowest BCUT2D eigenvalue weighted by atomic mass is 10.1. The largest absolute Gasteiger partial charge is 0.461 e. The van der Waals surface area contributed by atoms with Crippen LogP contribution in [0.3, 0.4) is 0 Å². The molecule has 0 unspecified atom stereocenters. The van der Waals surface area contributed by atoms with Crippen molar-refractivity contribution in [3.05, 3.63) is 71.8 Å². The van der Waals surface area contributed by atoms with Gasteiger partial charge in [-0.2, -0.15) is 0 Å². The van der Waals surface area contributed by atoms with Crippen molar-refractivity contribution in [2.75, 3.05) is 0 Å². The third-order valence-corrected chi connectivity index (χ3v) is 4.20. The average molecular weight is 427 g/mol. The first-order chi connectivity index (χ1) is 14.7. The van der Waals surface area contributed by atoms with Crippen LogP contribution in [0.5, 0.6) is 0 Å². The molecule has 2 aromatic rings. The monoisotopic (exact) mass is 426 g/mol. The van der Waals surface area contributed by atoms with Crippen LogP contribution in [0.15, 0.2) is 60.7 Å². The summed E-state index contributed by atoms with van der Waals surface area (Å²) in [5, 5.41) is 5.35. The molecular formula is C24H30N2O5. The maximum absolute atomic E-state index is 12.7. The van der Waals surface area contributed by atoms with E-state index in [4.69, 9.17) is 9.47 Å². The molecule has 0 aliphatic rings. The molecule has 166 valence electrons. The summed E-state index contributed by atoms with van der Waals surface area (Å²) in [6.07, 6.45) is -0.649. The molecule has 7 nitrogen and oxygen atoms in total. The highest BCUT2D eigenvalue weighted by atomic mass is 16.6. The molecule has 0 fully saturated rings. The molecule has 31 heavy (non-hydrogen) atoms. The Hall–Kier alpha value is -3.35. The number of ether oxygens (including phenoxy) is 2. The van der Waals surface area contributed by atoms with Gasteiger partial charge in [-0.3, -0.25) is 9.59 Å². The second kappa shape index (κ2) is 11.7. The van der Waals surface area contributed by atoms with E-state index in [-0.39, 0.29) is 19.4 Å². The van der Waals surface area contributed by atoms with E-state index in [0.29, 0.717) is 6.54 Å². The summed E-state index contributed by atoms with van der Waals surface area (Å²) in [5.41, 5.74) is 1.10. The second-order valence-corrected chi connectivity index (χ2v) is 8.09. The molecule has 2 aromatic carbocycles. The van der Waals surface area contributed by atoms with Gasteiger partial charge < -0.3 is 20.1 Å². The normalized spacial score (nSPS) is 11.8. The van der Waals surface area contributed by atoms with Gasteiger partial charge in [-0.15, -0.1) is 0 Å². The molecule has 2 rings (SSSR count). The van der Waals surface area contributed by atoms with Gasteiger partial charge >= 0.3 is 12.1 Å². The predicted octanol–water partition coefficient (Wildman–Crippen LogP) is 3.72. The number of rotatable bonds is 9. The van der Waals surface area contributed by atoms with E-state index in [9.17, 15) is 14.4 Å². The molecule has 2 amide bonds. The maximum Gasteiger partial charge on any atom is 0.408 e. The molecule has 0 aliphatic heterocycles. The zero-order valence-corrected chi connectivity index (χ0v) is 18.2. The number of hydrogen-bond acceptors (Lipinski definition) is 5. The Bertz CT molecular complexity index is 847. The van der Waals surface area contributed by atoms with Crippen molar-refractivity contribution >= 4 is 18.0 Å². The first kappa shape index (κ1) is 23.9. The van der Waals surface area contributed by atoms with Gasteiger partial charge in [-0.1, -0.05) is 60.7 Å². The van der Waals surface area contributed by atoms with Gasteiger partial charge in [-0.05, 0) is 38.3 Å². The summed E-state index contributed by atoms with van der Waals surface area (Å²) in [6.45, 7) is 5.67. The number of alkyl carbamates (subject to hydrolysis) is 1. The molecule has 0 heterocycles. The Labute approximate surface area is 183 Å². The van der Waals surface area contributed by atoms with Crippen molar-refractivity contribution < 1.29 is 23.9 Å². The van der Waals surface area contributed by atoms with E-state index in [2.05, 4.69) is 10.6 Å². The van der Waals surface area contributed by atoms with Gasteiger partial charge in [0.15, 0.2) is 0 Å². The fraction of sp³-hybridized carbons (Fsp3) is 0.375. The van der Waals surface area contributed by atoms with Crippen LogP contribution in [-0.2, 0) is 32.2 Å². The summed E-state index contributed by atoms with van der Waals surface area (Å²) in [5.74, 6) is -0.846. The van der Waals surface area contributed by atoms with Crippen LogP contribution in [0.25, 0.3) is 0 Å². The van der Waals surface area contributed by atoms with Crippen molar-refractivity contribution in [3.8, 4) is 0 Å². The Morgan fingerprint density at radius 1 is 0.903 bits per heavy atom. The SMILES string of the molecule is CC(C)(C)OC(=O)N[C@H](CCC(=O)OCc1ccccc1)C(=O)NCc1ccccc1. The van der Waals surface area contributed by atoms with Crippen LogP contribution in [0.2, 0.25) is 0 Å². The molecule has 7 heteroatoms. The zero-order chi connectivity index (χ0) is 22.7. The van der Waals surface area contributed by atoms with Gasteiger partial charge in [-0.25, -0.2) is 4.79 Å². The van der Waals surface area contributed by atoms with E-state index < -0.39 is 29.6 Å². The number of esters is 1. The van der Waals surface area contributed by atoms with E-state index in [0.717, 1.165) is 11.1 Å². The van der Waals surface area contributed by atoms with Gasteiger partial charge in [0, 0.05) is 13.0 Å². The summed E-state index contributed by atoms with van der Waals surface area (Å²) in [7, 11) is 0. The molecule has 1 atom stereocenters. The highest BCUT2D eigenvalue weighted by Gasteiger charge is 2.25. The molecule has 0 spiro atoms. The summed E-state index contributed by atoms with van der Waals surface area (Å²) < 4.78 is 10.5.